The lowest BCUT2D eigenvalue weighted by Crippen LogP contribution is -2.43. The summed E-state index contributed by atoms with van der Waals surface area (Å²) in [6.45, 7) is 6.96. The summed E-state index contributed by atoms with van der Waals surface area (Å²) in [6, 6.07) is 3.83. The summed E-state index contributed by atoms with van der Waals surface area (Å²) < 4.78 is 5.57. The van der Waals surface area contributed by atoms with Crippen molar-refractivity contribution in [2.24, 2.45) is 5.41 Å². The van der Waals surface area contributed by atoms with E-state index in [0.29, 0.717) is 6.42 Å². The second-order valence-corrected chi connectivity index (χ2v) is 7.43. The normalized spacial score (nSPS) is 15.8. The van der Waals surface area contributed by atoms with Crippen LogP contribution in [0.4, 0.5) is 0 Å². The van der Waals surface area contributed by atoms with Crippen LogP contribution in [0.5, 0.6) is 0 Å². The molecule has 0 atom stereocenters. The van der Waals surface area contributed by atoms with Gasteiger partial charge in [0.15, 0.2) is 10.8 Å². The second kappa shape index (κ2) is 9.57. The minimum atomic E-state index is 0. The van der Waals surface area contributed by atoms with E-state index in [1.165, 1.54) is 11.3 Å². The molecule has 1 aliphatic rings. The van der Waals surface area contributed by atoms with Crippen molar-refractivity contribution in [3.05, 3.63) is 29.0 Å². The molecule has 8 heteroatoms. The van der Waals surface area contributed by atoms with E-state index in [-0.39, 0.29) is 36.1 Å². The highest BCUT2D eigenvalue weighted by atomic mass is 35.5. The van der Waals surface area contributed by atoms with E-state index in [1.54, 1.807) is 0 Å². The fourth-order valence-corrected chi connectivity index (χ4v) is 3.58. The zero-order valence-electron chi connectivity index (χ0n) is 14.5. The van der Waals surface area contributed by atoms with Gasteiger partial charge in [-0.1, -0.05) is 6.92 Å². The first kappa shape index (κ1) is 22.0. The molecule has 1 saturated heterocycles. The molecule has 25 heavy (non-hydrogen) atoms. The smallest absolute Gasteiger partial charge is 0.226 e. The quantitative estimate of drug-likeness (QED) is 0.796. The van der Waals surface area contributed by atoms with Crippen molar-refractivity contribution in [2.75, 3.05) is 19.6 Å². The monoisotopic (exact) mass is 405 g/mol. The number of rotatable bonds is 5. The molecule has 0 aromatic carbocycles. The molecule has 0 bridgehead atoms. The maximum absolute atomic E-state index is 12.2. The van der Waals surface area contributed by atoms with Gasteiger partial charge in [-0.05, 0) is 50.4 Å². The maximum Gasteiger partial charge on any atom is 0.226 e. The Hall–Kier alpha value is -1.08. The number of piperidine rings is 1. The Morgan fingerprint density at radius 1 is 1.36 bits per heavy atom. The number of aryl methyl sites for hydroxylation is 1. The van der Waals surface area contributed by atoms with Gasteiger partial charge in [0.2, 0.25) is 5.91 Å². The van der Waals surface area contributed by atoms with Crippen LogP contribution in [0.2, 0.25) is 0 Å². The third-order valence-electron chi connectivity index (χ3n) is 4.37. The molecule has 0 unspecified atom stereocenters. The molecule has 0 spiro atoms. The number of thiazole rings is 1. The summed E-state index contributed by atoms with van der Waals surface area (Å²) in [4.78, 5) is 16.7. The molecule has 2 aromatic rings. The summed E-state index contributed by atoms with van der Waals surface area (Å²) in [5, 5.41) is 9.18. The first-order valence-corrected chi connectivity index (χ1v) is 8.91. The molecule has 2 N–H and O–H groups in total. The van der Waals surface area contributed by atoms with Crippen LogP contribution in [-0.2, 0) is 11.2 Å². The zero-order chi connectivity index (χ0) is 16.3. The molecule has 2 aromatic heterocycles. The Morgan fingerprint density at radius 3 is 2.72 bits per heavy atom. The van der Waals surface area contributed by atoms with Gasteiger partial charge < -0.3 is 15.1 Å². The topological polar surface area (TPSA) is 67.2 Å². The number of nitrogens with one attached hydrogen (secondary N) is 2. The minimum absolute atomic E-state index is 0. The zero-order valence-corrected chi connectivity index (χ0v) is 16.9. The van der Waals surface area contributed by atoms with Crippen molar-refractivity contribution in [3.63, 3.8) is 0 Å². The Morgan fingerprint density at radius 2 is 2.08 bits per heavy atom. The minimum Gasteiger partial charge on any atom is -0.459 e. The molecule has 0 radical (unpaired) electrons. The number of hydrogen-bond acceptors (Lipinski definition) is 5. The van der Waals surface area contributed by atoms with E-state index >= 15 is 0 Å². The van der Waals surface area contributed by atoms with E-state index < -0.39 is 0 Å². The lowest BCUT2D eigenvalue weighted by molar-refractivity contribution is -0.121. The van der Waals surface area contributed by atoms with Gasteiger partial charge in [0, 0.05) is 11.9 Å². The van der Waals surface area contributed by atoms with Crippen LogP contribution in [0.1, 0.15) is 31.2 Å². The van der Waals surface area contributed by atoms with Crippen LogP contribution in [0.3, 0.4) is 0 Å². The lowest BCUT2D eigenvalue weighted by Gasteiger charge is -2.34. The number of nitrogens with zero attached hydrogens (tertiary/aromatic N) is 1. The largest absolute Gasteiger partial charge is 0.459 e. The summed E-state index contributed by atoms with van der Waals surface area (Å²) >= 11 is 1.51. The fraction of sp³-hybridized carbons (Fsp3) is 0.529. The van der Waals surface area contributed by atoms with Crippen molar-refractivity contribution in [2.45, 2.75) is 33.1 Å². The van der Waals surface area contributed by atoms with Crippen LogP contribution < -0.4 is 10.6 Å². The van der Waals surface area contributed by atoms with Crippen molar-refractivity contribution in [1.82, 2.24) is 15.6 Å². The van der Waals surface area contributed by atoms with Crippen molar-refractivity contribution >= 4 is 42.1 Å². The van der Waals surface area contributed by atoms with E-state index in [1.807, 2.05) is 24.4 Å². The van der Waals surface area contributed by atoms with Crippen LogP contribution in [0.25, 0.3) is 10.8 Å². The Bertz CT molecular complexity index is 681. The fourth-order valence-electron chi connectivity index (χ4n) is 2.80. The average molecular weight is 406 g/mol. The maximum atomic E-state index is 12.2. The number of carbonyl (C=O) groups excluding carboxylic acids is 1. The molecule has 3 rings (SSSR count). The van der Waals surface area contributed by atoms with Gasteiger partial charge in [0.1, 0.15) is 5.76 Å². The number of halogens is 2. The first-order valence-electron chi connectivity index (χ1n) is 8.03. The third kappa shape index (κ3) is 5.99. The van der Waals surface area contributed by atoms with E-state index in [2.05, 4.69) is 22.5 Å². The molecule has 1 amide bonds. The lowest BCUT2D eigenvalue weighted by atomic mass is 9.81. The molecular weight excluding hydrogens is 381 g/mol. The molecule has 0 aliphatic carbocycles. The van der Waals surface area contributed by atoms with Crippen molar-refractivity contribution in [3.8, 4) is 10.8 Å². The molecule has 0 saturated carbocycles. The van der Waals surface area contributed by atoms with Gasteiger partial charge in [0.25, 0.3) is 0 Å². The highest BCUT2D eigenvalue weighted by molar-refractivity contribution is 7.13. The van der Waals surface area contributed by atoms with Gasteiger partial charge in [-0.15, -0.1) is 36.2 Å². The number of amides is 1. The number of aromatic nitrogens is 1. The molecule has 1 aliphatic heterocycles. The Balaban J connectivity index is 0.00000156. The molecule has 140 valence electrons. The van der Waals surface area contributed by atoms with Crippen LogP contribution in [0.15, 0.2) is 21.9 Å². The predicted octanol–water partition coefficient (Wildman–Crippen LogP) is 3.60. The summed E-state index contributed by atoms with van der Waals surface area (Å²) in [6.07, 6.45) is 2.53. The highest BCUT2D eigenvalue weighted by Crippen LogP contribution is 2.27. The van der Waals surface area contributed by atoms with Gasteiger partial charge in [0.05, 0.1) is 12.1 Å². The average Bonchev–Trinajstić information content (AvgIpc) is 3.15. The van der Waals surface area contributed by atoms with E-state index in [4.69, 9.17) is 4.42 Å². The van der Waals surface area contributed by atoms with Crippen molar-refractivity contribution < 1.29 is 9.21 Å². The van der Waals surface area contributed by atoms with Gasteiger partial charge in [-0.2, -0.15) is 0 Å². The molecule has 5 nitrogen and oxygen atoms in total. The summed E-state index contributed by atoms with van der Waals surface area (Å²) in [5.41, 5.74) is 1.01. The Kier molecular flexibility index (Phi) is 8.41. The molecular formula is C17H25Cl2N3O2S. The van der Waals surface area contributed by atoms with E-state index in [0.717, 1.165) is 54.7 Å². The van der Waals surface area contributed by atoms with Crippen LogP contribution in [-0.4, -0.2) is 30.5 Å². The number of hydrogen-bond donors (Lipinski definition) is 2. The van der Waals surface area contributed by atoms with Crippen LogP contribution >= 0.6 is 36.2 Å². The number of furan rings is 1. The number of carbonyl (C=O) groups is 1. The second-order valence-electron chi connectivity index (χ2n) is 6.57. The van der Waals surface area contributed by atoms with Gasteiger partial charge in [-0.25, -0.2) is 4.98 Å². The molecule has 3 heterocycles. The third-order valence-corrected chi connectivity index (χ3v) is 5.27. The summed E-state index contributed by atoms with van der Waals surface area (Å²) in [5.74, 6) is 1.67. The standard InChI is InChI=1S/C17H23N3O2S.2ClH/c1-12-3-4-14(22-12)16-20-13(10-23-16)9-15(21)19-11-17(2)5-7-18-8-6-17;;/h3-4,10,18H,5-9,11H2,1-2H3,(H,19,21);2*1H. The molecule has 1 fully saturated rings. The van der Waals surface area contributed by atoms with Crippen LogP contribution in [0, 0.1) is 12.3 Å². The Labute approximate surface area is 164 Å². The van der Waals surface area contributed by atoms with Gasteiger partial charge in [-0.3, -0.25) is 4.79 Å². The highest BCUT2D eigenvalue weighted by Gasteiger charge is 2.27. The van der Waals surface area contributed by atoms with E-state index in [9.17, 15) is 4.79 Å². The van der Waals surface area contributed by atoms with Gasteiger partial charge >= 0.3 is 0 Å². The summed E-state index contributed by atoms with van der Waals surface area (Å²) in [7, 11) is 0. The van der Waals surface area contributed by atoms with Crippen molar-refractivity contribution in [1.29, 1.82) is 0 Å². The first-order chi connectivity index (χ1) is 11.0. The predicted molar refractivity (Wildman–Crippen MR) is 106 cm³/mol. The SMILES string of the molecule is Cc1ccc(-c2nc(CC(=O)NCC3(C)CCNCC3)cs2)o1.Cl.Cl.